The van der Waals surface area contributed by atoms with Gasteiger partial charge >= 0.3 is 6.09 Å². The molecular formula is C29H48N4O4. The van der Waals surface area contributed by atoms with Crippen LogP contribution in [0.15, 0.2) is 5.16 Å². The zero-order valence-corrected chi connectivity index (χ0v) is 23.2. The number of likely N-dealkylation sites (N-methyl/N-ethyl adjacent to an activating group) is 1. The van der Waals surface area contributed by atoms with Gasteiger partial charge in [0.25, 0.3) is 0 Å². The van der Waals surface area contributed by atoms with E-state index >= 15 is 0 Å². The number of nitrogens with zero attached hydrogens (tertiary/aromatic N) is 1. The molecule has 5 aliphatic rings. The maximum Gasteiger partial charge on any atom is 0.433 e. The van der Waals surface area contributed by atoms with Crippen LogP contribution in [0.1, 0.15) is 91.4 Å². The van der Waals surface area contributed by atoms with Crippen molar-refractivity contribution < 1.29 is 19.5 Å². The minimum absolute atomic E-state index is 0.0117. The summed E-state index contributed by atoms with van der Waals surface area (Å²) in [6, 6.07) is -0.129. The van der Waals surface area contributed by atoms with Crippen LogP contribution >= 0.6 is 0 Å². The van der Waals surface area contributed by atoms with Crippen LogP contribution < -0.4 is 16.0 Å². The van der Waals surface area contributed by atoms with Crippen LogP contribution in [0.4, 0.5) is 4.79 Å². The van der Waals surface area contributed by atoms with Crippen LogP contribution in [-0.2, 0) is 9.63 Å². The van der Waals surface area contributed by atoms with Gasteiger partial charge in [0.2, 0.25) is 5.91 Å². The molecular weight excluding hydrogens is 468 g/mol. The van der Waals surface area contributed by atoms with Gasteiger partial charge in [-0.2, -0.15) is 0 Å². The molecule has 0 bridgehead atoms. The number of amides is 2. The van der Waals surface area contributed by atoms with Gasteiger partial charge in [-0.1, -0.05) is 19.0 Å². The molecule has 208 valence electrons. The number of rotatable bonds is 5. The number of fused-ring (bicyclic) bond motifs is 5. The summed E-state index contributed by atoms with van der Waals surface area (Å²) in [5, 5.41) is 23.3. The molecule has 8 nitrogen and oxygen atoms in total. The zero-order valence-electron chi connectivity index (χ0n) is 23.2. The Kier molecular flexibility index (Phi) is 7.62. The highest BCUT2D eigenvalue weighted by Crippen LogP contribution is 2.67. The molecule has 0 spiro atoms. The second-order valence-corrected chi connectivity index (χ2v) is 13.4. The Labute approximate surface area is 222 Å². The van der Waals surface area contributed by atoms with E-state index in [1.165, 1.54) is 38.5 Å². The van der Waals surface area contributed by atoms with Crippen molar-refractivity contribution in [2.75, 3.05) is 13.6 Å². The van der Waals surface area contributed by atoms with Gasteiger partial charge < -0.3 is 21.1 Å². The van der Waals surface area contributed by atoms with E-state index in [0.29, 0.717) is 29.7 Å². The molecule has 37 heavy (non-hydrogen) atoms. The van der Waals surface area contributed by atoms with Gasteiger partial charge in [0.1, 0.15) is 0 Å². The van der Waals surface area contributed by atoms with Crippen molar-refractivity contribution in [3.05, 3.63) is 0 Å². The number of oxime groups is 1. The van der Waals surface area contributed by atoms with Gasteiger partial charge in [-0.15, -0.1) is 0 Å². The molecule has 1 aliphatic heterocycles. The molecule has 4 aliphatic carbocycles. The molecule has 4 saturated carbocycles. The summed E-state index contributed by atoms with van der Waals surface area (Å²) in [7, 11) is 1.64. The summed E-state index contributed by atoms with van der Waals surface area (Å²) < 4.78 is 0. The molecule has 0 aromatic heterocycles. The minimum atomic E-state index is -0.529. The minimum Gasteiger partial charge on any atom is -0.393 e. The first kappa shape index (κ1) is 26.9. The molecule has 10 atom stereocenters. The Bertz CT molecular complexity index is 910. The summed E-state index contributed by atoms with van der Waals surface area (Å²) in [6.45, 7) is 7.46. The molecule has 0 radical (unpaired) electrons. The maximum atomic E-state index is 12.4. The lowest BCUT2D eigenvalue weighted by Gasteiger charge is -2.61. The molecule has 2 amide bonds. The number of nitrogens with one attached hydrogen (secondary N) is 3. The first-order chi connectivity index (χ1) is 17.7. The monoisotopic (exact) mass is 516 g/mol. The Morgan fingerprint density at radius 3 is 2.54 bits per heavy atom. The van der Waals surface area contributed by atoms with E-state index in [4.69, 9.17) is 4.84 Å². The van der Waals surface area contributed by atoms with Crippen molar-refractivity contribution in [1.29, 1.82) is 0 Å². The lowest BCUT2D eigenvalue weighted by Crippen LogP contribution is -2.54. The van der Waals surface area contributed by atoms with Gasteiger partial charge in [0, 0.05) is 25.6 Å². The van der Waals surface area contributed by atoms with Crippen molar-refractivity contribution in [3.63, 3.8) is 0 Å². The molecule has 0 aromatic rings. The van der Waals surface area contributed by atoms with Gasteiger partial charge in [-0.3, -0.25) is 9.63 Å². The molecule has 8 heteroatoms. The molecule has 2 unspecified atom stereocenters. The Balaban J connectivity index is 1.16. The first-order valence-electron chi connectivity index (χ1n) is 14.8. The van der Waals surface area contributed by atoms with E-state index in [0.717, 1.165) is 49.7 Å². The average Bonchev–Trinajstić information content (AvgIpc) is 3.50. The van der Waals surface area contributed by atoms with E-state index in [-0.39, 0.29) is 29.5 Å². The first-order valence-corrected chi connectivity index (χ1v) is 14.8. The Morgan fingerprint density at radius 2 is 1.76 bits per heavy atom. The second-order valence-electron chi connectivity index (χ2n) is 13.4. The van der Waals surface area contributed by atoms with Crippen LogP contribution in [0, 0.1) is 40.4 Å². The van der Waals surface area contributed by atoms with E-state index in [1.807, 2.05) is 6.92 Å². The third-order valence-electron chi connectivity index (χ3n) is 11.7. The van der Waals surface area contributed by atoms with Crippen LogP contribution in [0.2, 0.25) is 0 Å². The lowest BCUT2D eigenvalue weighted by atomic mass is 9.44. The molecule has 0 aromatic carbocycles. The van der Waals surface area contributed by atoms with Crippen molar-refractivity contribution in [1.82, 2.24) is 16.0 Å². The lowest BCUT2D eigenvalue weighted by molar-refractivity contribution is -0.123. The summed E-state index contributed by atoms with van der Waals surface area (Å²) in [4.78, 5) is 29.5. The maximum absolute atomic E-state index is 12.4. The molecule has 5 fully saturated rings. The number of hydrogen-bond acceptors (Lipinski definition) is 6. The number of carbonyl (C=O) groups is 2. The van der Waals surface area contributed by atoms with Crippen molar-refractivity contribution >= 4 is 17.7 Å². The quantitative estimate of drug-likeness (QED) is 0.251. The van der Waals surface area contributed by atoms with Gasteiger partial charge in [0.15, 0.2) is 0 Å². The van der Waals surface area contributed by atoms with Crippen LogP contribution in [0.5, 0.6) is 0 Å². The number of carbonyl (C=O) groups excluding carboxylic acids is 2. The van der Waals surface area contributed by atoms with Crippen molar-refractivity contribution in [2.45, 2.75) is 110 Å². The summed E-state index contributed by atoms with van der Waals surface area (Å²) in [5.74, 6) is 3.29. The second kappa shape index (κ2) is 10.5. The molecule has 5 rings (SSSR count). The highest BCUT2D eigenvalue weighted by molar-refractivity contribution is 5.85. The van der Waals surface area contributed by atoms with Gasteiger partial charge in [-0.05, 0) is 112 Å². The largest absolute Gasteiger partial charge is 0.433 e. The standard InChI is InChI=1S/C29H48N4O4/c1-17(33-37-27(36)31-16-19-6-10-25(32-19)26(35)30-4)22-8-9-23-21-7-5-18-15-20(34)11-13-28(18,2)24(21)12-14-29(22,23)3/h18-25,32,34H,5-16H2,1-4H3,(H,30,35)(H,31,36)/b33-17+/t18-,19?,20+,21+,22-,23+,24+,25?,28+,29-/m1/s1. The third-order valence-corrected chi connectivity index (χ3v) is 11.7. The average molecular weight is 517 g/mol. The van der Waals surface area contributed by atoms with Gasteiger partial charge in [0.05, 0.1) is 17.9 Å². The van der Waals surface area contributed by atoms with E-state index in [2.05, 4.69) is 35.0 Å². The van der Waals surface area contributed by atoms with Crippen LogP contribution in [-0.4, -0.2) is 54.6 Å². The van der Waals surface area contributed by atoms with E-state index in [1.54, 1.807) is 7.05 Å². The predicted octanol–water partition coefficient (Wildman–Crippen LogP) is 3.97. The summed E-state index contributed by atoms with van der Waals surface area (Å²) in [6.07, 6.45) is 11.6. The topological polar surface area (TPSA) is 112 Å². The fraction of sp³-hybridized carbons (Fsp3) is 0.897. The smallest absolute Gasteiger partial charge is 0.393 e. The molecule has 1 saturated heterocycles. The Morgan fingerprint density at radius 1 is 1.00 bits per heavy atom. The fourth-order valence-electron chi connectivity index (χ4n) is 9.70. The van der Waals surface area contributed by atoms with Crippen molar-refractivity contribution in [3.8, 4) is 0 Å². The van der Waals surface area contributed by atoms with E-state index < -0.39 is 6.09 Å². The van der Waals surface area contributed by atoms with Crippen LogP contribution in [0.3, 0.4) is 0 Å². The number of aliphatic hydroxyl groups excluding tert-OH is 1. The Hall–Kier alpha value is -1.67. The fourth-order valence-corrected chi connectivity index (χ4v) is 9.70. The number of aliphatic hydroxyl groups is 1. The van der Waals surface area contributed by atoms with Crippen molar-refractivity contribution in [2.24, 2.45) is 45.6 Å². The number of hydrogen-bond donors (Lipinski definition) is 4. The third kappa shape index (κ3) is 4.93. The SMILES string of the molecule is CNC(=O)C1CCC(CNC(=O)O/N=C(\C)[C@H]2CC[C@H]3[C@@H]4CC[C@@H]5C[C@@H](O)CC[C@]5(C)[C@H]4CC[C@]23C)N1. The van der Waals surface area contributed by atoms with E-state index in [9.17, 15) is 14.7 Å². The van der Waals surface area contributed by atoms with Crippen LogP contribution in [0.25, 0.3) is 0 Å². The normalized spacial score (nSPS) is 45.4. The highest BCUT2D eigenvalue weighted by Gasteiger charge is 2.60. The zero-order chi connectivity index (χ0) is 26.4. The highest BCUT2D eigenvalue weighted by atomic mass is 16.7. The molecule has 1 heterocycles. The predicted molar refractivity (Wildman–Crippen MR) is 143 cm³/mol. The van der Waals surface area contributed by atoms with Gasteiger partial charge in [-0.25, -0.2) is 4.79 Å². The summed E-state index contributed by atoms with van der Waals surface area (Å²) >= 11 is 0. The summed E-state index contributed by atoms with van der Waals surface area (Å²) in [5.41, 5.74) is 1.55. The molecule has 4 N–H and O–H groups in total.